The number of benzene rings is 2. The summed E-state index contributed by atoms with van der Waals surface area (Å²) in [5.74, 6) is 1.25. The van der Waals surface area contributed by atoms with Crippen molar-refractivity contribution in [3.63, 3.8) is 0 Å². The van der Waals surface area contributed by atoms with Gasteiger partial charge in [0.1, 0.15) is 0 Å². The van der Waals surface area contributed by atoms with Gasteiger partial charge in [0.15, 0.2) is 11.5 Å². The minimum absolute atomic E-state index is 0.179. The molecule has 0 aromatic heterocycles. The van der Waals surface area contributed by atoms with Crippen molar-refractivity contribution in [2.75, 3.05) is 6.79 Å². The van der Waals surface area contributed by atoms with E-state index in [2.05, 4.69) is 21.2 Å². The standard InChI is InChI=1S/C15H11BrClNO3/c16-11-3-2-10(6-12(11)17)15(19)18-7-9-1-4-13-14(5-9)21-8-20-13/h1-6H,7-8H2,(H,18,19). The molecule has 0 saturated heterocycles. The number of nitrogens with one attached hydrogen (secondary N) is 1. The molecule has 0 atom stereocenters. The average Bonchev–Trinajstić information content (AvgIpc) is 2.95. The Morgan fingerprint density at radius 3 is 2.81 bits per heavy atom. The molecule has 0 bridgehead atoms. The van der Waals surface area contributed by atoms with E-state index in [0.717, 1.165) is 15.8 Å². The number of carbonyl (C=O) groups is 1. The first-order valence-electron chi connectivity index (χ1n) is 6.25. The van der Waals surface area contributed by atoms with Gasteiger partial charge in [0.2, 0.25) is 6.79 Å². The SMILES string of the molecule is O=C(NCc1ccc2c(c1)OCO2)c1ccc(Br)c(Cl)c1. The lowest BCUT2D eigenvalue weighted by molar-refractivity contribution is 0.0951. The van der Waals surface area contributed by atoms with Gasteiger partial charge in [-0.3, -0.25) is 4.79 Å². The molecule has 1 N–H and O–H groups in total. The molecule has 1 aliphatic rings. The molecule has 0 spiro atoms. The number of hydrogen-bond donors (Lipinski definition) is 1. The molecule has 3 rings (SSSR count). The Labute approximate surface area is 135 Å². The molecule has 1 heterocycles. The molecule has 2 aromatic rings. The van der Waals surface area contributed by atoms with Crippen LogP contribution in [0.25, 0.3) is 0 Å². The van der Waals surface area contributed by atoms with Gasteiger partial charge < -0.3 is 14.8 Å². The van der Waals surface area contributed by atoms with E-state index in [1.165, 1.54) is 0 Å². The van der Waals surface area contributed by atoms with Crippen LogP contribution < -0.4 is 14.8 Å². The topological polar surface area (TPSA) is 47.6 Å². The minimum Gasteiger partial charge on any atom is -0.454 e. The second kappa shape index (κ2) is 5.95. The molecule has 0 aliphatic carbocycles. The van der Waals surface area contributed by atoms with Crippen molar-refractivity contribution in [3.05, 3.63) is 57.0 Å². The third kappa shape index (κ3) is 3.14. The Balaban J connectivity index is 1.67. The van der Waals surface area contributed by atoms with Crippen molar-refractivity contribution in [2.45, 2.75) is 6.54 Å². The summed E-state index contributed by atoms with van der Waals surface area (Å²) in [6.45, 7) is 0.645. The molecule has 0 unspecified atom stereocenters. The largest absolute Gasteiger partial charge is 0.454 e. The highest BCUT2D eigenvalue weighted by molar-refractivity contribution is 9.10. The van der Waals surface area contributed by atoms with Crippen LogP contribution >= 0.6 is 27.5 Å². The fourth-order valence-corrected chi connectivity index (χ4v) is 2.40. The van der Waals surface area contributed by atoms with Crippen LogP contribution in [0.3, 0.4) is 0 Å². The zero-order chi connectivity index (χ0) is 14.8. The van der Waals surface area contributed by atoms with Crippen LogP contribution in [-0.4, -0.2) is 12.7 Å². The normalized spacial score (nSPS) is 12.3. The van der Waals surface area contributed by atoms with E-state index in [-0.39, 0.29) is 12.7 Å². The third-order valence-corrected chi connectivity index (χ3v) is 4.30. The van der Waals surface area contributed by atoms with Gasteiger partial charge in [-0.25, -0.2) is 0 Å². The van der Waals surface area contributed by atoms with Crippen LogP contribution in [0.5, 0.6) is 11.5 Å². The van der Waals surface area contributed by atoms with Crippen molar-refractivity contribution in [3.8, 4) is 11.5 Å². The fourth-order valence-electron chi connectivity index (χ4n) is 1.97. The van der Waals surface area contributed by atoms with Gasteiger partial charge in [0.05, 0.1) is 5.02 Å². The van der Waals surface area contributed by atoms with Gasteiger partial charge in [-0.05, 0) is 51.8 Å². The third-order valence-electron chi connectivity index (χ3n) is 3.07. The highest BCUT2D eigenvalue weighted by atomic mass is 79.9. The van der Waals surface area contributed by atoms with E-state index in [9.17, 15) is 4.79 Å². The second-order valence-electron chi connectivity index (χ2n) is 4.50. The summed E-state index contributed by atoms with van der Waals surface area (Å²) in [5.41, 5.74) is 1.46. The molecule has 4 nitrogen and oxygen atoms in total. The molecular formula is C15H11BrClNO3. The summed E-state index contributed by atoms with van der Waals surface area (Å²) in [4.78, 5) is 12.1. The maximum Gasteiger partial charge on any atom is 0.251 e. The molecule has 6 heteroatoms. The molecule has 21 heavy (non-hydrogen) atoms. The van der Waals surface area contributed by atoms with Crippen molar-refractivity contribution in [1.82, 2.24) is 5.32 Å². The smallest absolute Gasteiger partial charge is 0.251 e. The van der Waals surface area contributed by atoms with Gasteiger partial charge in [0.25, 0.3) is 5.91 Å². The predicted octanol–water partition coefficient (Wildman–Crippen LogP) is 3.76. The first kappa shape index (κ1) is 14.2. The lowest BCUT2D eigenvalue weighted by Gasteiger charge is -2.07. The summed E-state index contributed by atoms with van der Waals surface area (Å²) in [7, 11) is 0. The van der Waals surface area contributed by atoms with Crippen molar-refractivity contribution in [1.29, 1.82) is 0 Å². The van der Waals surface area contributed by atoms with E-state index in [1.54, 1.807) is 18.2 Å². The number of hydrogen-bond acceptors (Lipinski definition) is 3. The summed E-state index contributed by atoms with van der Waals surface area (Å²) in [6, 6.07) is 10.7. The van der Waals surface area contributed by atoms with Gasteiger partial charge in [-0.2, -0.15) is 0 Å². The highest BCUT2D eigenvalue weighted by Gasteiger charge is 2.14. The van der Waals surface area contributed by atoms with Crippen LogP contribution in [-0.2, 0) is 6.54 Å². The van der Waals surface area contributed by atoms with Crippen LogP contribution in [0.1, 0.15) is 15.9 Å². The maximum atomic E-state index is 12.1. The highest BCUT2D eigenvalue weighted by Crippen LogP contribution is 2.32. The molecule has 1 amide bonds. The summed E-state index contributed by atoms with van der Waals surface area (Å²) >= 11 is 9.28. The summed E-state index contributed by atoms with van der Waals surface area (Å²) < 4.78 is 11.3. The predicted molar refractivity (Wildman–Crippen MR) is 82.9 cm³/mol. The zero-order valence-corrected chi connectivity index (χ0v) is 13.2. The Morgan fingerprint density at radius 2 is 2.00 bits per heavy atom. The van der Waals surface area contributed by atoms with E-state index < -0.39 is 0 Å². The Bertz CT molecular complexity index is 705. The van der Waals surface area contributed by atoms with Gasteiger partial charge >= 0.3 is 0 Å². The Kier molecular flexibility index (Phi) is 4.03. The monoisotopic (exact) mass is 367 g/mol. The van der Waals surface area contributed by atoms with Crippen molar-refractivity contribution in [2.24, 2.45) is 0 Å². The first-order chi connectivity index (χ1) is 10.1. The van der Waals surface area contributed by atoms with E-state index in [0.29, 0.717) is 22.9 Å². The zero-order valence-electron chi connectivity index (χ0n) is 10.9. The quantitative estimate of drug-likeness (QED) is 0.897. The van der Waals surface area contributed by atoms with Crippen molar-refractivity contribution >= 4 is 33.4 Å². The molecule has 2 aromatic carbocycles. The Morgan fingerprint density at radius 1 is 1.19 bits per heavy atom. The average molecular weight is 369 g/mol. The lowest BCUT2D eigenvalue weighted by Crippen LogP contribution is -2.22. The van der Waals surface area contributed by atoms with E-state index in [1.807, 2.05) is 18.2 Å². The number of rotatable bonds is 3. The first-order valence-corrected chi connectivity index (χ1v) is 7.42. The number of halogens is 2. The number of ether oxygens (including phenoxy) is 2. The maximum absolute atomic E-state index is 12.1. The van der Waals surface area contributed by atoms with Crippen molar-refractivity contribution < 1.29 is 14.3 Å². The number of amides is 1. The number of carbonyl (C=O) groups excluding carboxylic acids is 1. The summed E-state index contributed by atoms with van der Waals surface area (Å²) in [6.07, 6.45) is 0. The number of fused-ring (bicyclic) bond motifs is 1. The molecular weight excluding hydrogens is 358 g/mol. The van der Waals surface area contributed by atoms with E-state index >= 15 is 0 Å². The van der Waals surface area contributed by atoms with Crippen LogP contribution in [0.15, 0.2) is 40.9 Å². The lowest BCUT2D eigenvalue weighted by atomic mass is 10.2. The van der Waals surface area contributed by atoms with Crippen LogP contribution in [0, 0.1) is 0 Å². The van der Waals surface area contributed by atoms with E-state index in [4.69, 9.17) is 21.1 Å². The molecule has 108 valence electrons. The molecule has 1 aliphatic heterocycles. The second-order valence-corrected chi connectivity index (χ2v) is 5.76. The van der Waals surface area contributed by atoms with Gasteiger partial charge in [-0.1, -0.05) is 17.7 Å². The minimum atomic E-state index is -0.179. The summed E-state index contributed by atoms with van der Waals surface area (Å²) in [5, 5.41) is 3.35. The van der Waals surface area contributed by atoms with Gasteiger partial charge in [0, 0.05) is 16.6 Å². The van der Waals surface area contributed by atoms with Crippen LogP contribution in [0.4, 0.5) is 0 Å². The van der Waals surface area contributed by atoms with Gasteiger partial charge in [-0.15, -0.1) is 0 Å². The fraction of sp³-hybridized carbons (Fsp3) is 0.133. The molecule has 0 radical (unpaired) electrons. The Hall–Kier alpha value is -1.72. The molecule has 0 saturated carbocycles. The van der Waals surface area contributed by atoms with Crippen LogP contribution in [0.2, 0.25) is 5.02 Å². The molecule has 0 fully saturated rings.